The van der Waals surface area contributed by atoms with E-state index in [4.69, 9.17) is 44.5 Å². The second kappa shape index (κ2) is 8.94. The SMILES string of the molecule is ClC(Cl)Cl.N#Cc1ccc2oc(-c3cc4ccccc4cn3)cc(=NO)c2c1. The Labute approximate surface area is 175 Å². The van der Waals surface area contributed by atoms with Crippen molar-refractivity contribution in [3.63, 3.8) is 0 Å². The molecule has 2 aromatic carbocycles. The van der Waals surface area contributed by atoms with Gasteiger partial charge in [0.15, 0.2) is 10.1 Å². The molecule has 0 bridgehead atoms. The third kappa shape index (κ3) is 4.55. The Morgan fingerprint density at radius 2 is 1.75 bits per heavy atom. The number of halogens is 3. The van der Waals surface area contributed by atoms with E-state index in [0.717, 1.165) is 10.8 Å². The normalized spacial score (nSPS) is 11.3. The summed E-state index contributed by atoms with van der Waals surface area (Å²) in [7, 11) is 0. The molecule has 0 radical (unpaired) electrons. The van der Waals surface area contributed by atoms with E-state index in [0.29, 0.717) is 33.3 Å². The molecule has 1 N–H and O–H groups in total. The van der Waals surface area contributed by atoms with Gasteiger partial charge < -0.3 is 9.62 Å². The Hall–Kier alpha value is -2.78. The van der Waals surface area contributed by atoms with E-state index in [1.165, 1.54) is 0 Å². The number of hydrogen-bond acceptors (Lipinski definition) is 5. The largest absolute Gasteiger partial charge is 0.454 e. The summed E-state index contributed by atoms with van der Waals surface area (Å²) in [5, 5.41) is 24.6. The fraction of sp³-hybridized carbons (Fsp3) is 0.0500. The van der Waals surface area contributed by atoms with Crippen LogP contribution >= 0.6 is 34.8 Å². The van der Waals surface area contributed by atoms with Crippen LogP contribution in [0.4, 0.5) is 0 Å². The lowest BCUT2D eigenvalue weighted by Crippen LogP contribution is -2.04. The standard InChI is InChI=1S/C19H11N3O2.CHCl3/c20-10-12-5-6-18-15(7-12)16(22-23)9-19(24-18)17-8-13-3-1-2-4-14(13)11-21-17;2-1(3)4/h1-9,11,23H;1H. The molecule has 2 aromatic heterocycles. The number of alkyl halides is 3. The molecular formula is C20H12Cl3N3O2. The van der Waals surface area contributed by atoms with Gasteiger partial charge >= 0.3 is 0 Å². The maximum Gasteiger partial charge on any atom is 0.180 e. The number of rotatable bonds is 1. The molecule has 0 aliphatic heterocycles. The van der Waals surface area contributed by atoms with Crippen LogP contribution in [0.15, 0.2) is 70.4 Å². The van der Waals surface area contributed by atoms with Gasteiger partial charge in [0.25, 0.3) is 0 Å². The van der Waals surface area contributed by atoms with Crippen molar-refractivity contribution in [3.05, 3.63) is 71.7 Å². The third-order valence-electron chi connectivity index (χ3n) is 3.86. The van der Waals surface area contributed by atoms with Crippen LogP contribution in [0.25, 0.3) is 33.2 Å². The summed E-state index contributed by atoms with van der Waals surface area (Å²) in [6.07, 6.45) is 1.78. The number of nitriles is 1. The van der Waals surface area contributed by atoms with Crippen LogP contribution in [-0.4, -0.2) is 14.5 Å². The molecule has 8 heteroatoms. The second-order valence-electron chi connectivity index (χ2n) is 5.58. The van der Waals surface area contributed by atoms with Gasteiger partial charge in [0.2, 0.25) is 0 Å². The maximum absolute atomic E-state index is 9.32. The van der Waals surface area contributed by atoms with Crippen LogP contribution in [0.5, 0.6) is 0 Å². The minimum atomic E-state index is -0.750. The van der Waals surface area contributed by atoms with Crippen LogP contribution in [0.1, 0.15) is 5.56 Å². The van der Waals surface area contributed by atoms with E-state index in [2.05, 4.69) is 16.2 Å². The van der Waals surface area contributed by atoms with Crippen LogP contribution < -0.4 is 5.36 Å². The summed E-state index contributed by atoms with van der Waals surface area (Å²) in [6.45, 7) is 0. The van der Waals surface area contributed by atoms with Gasteiger partial charge in [-0.3, -0.25) is 4.98 Å². The lowest BCUT2D eigenvalue weighted by Gasteiger charge is -2.05. The van der Waals surface area contributed by atoms with Gasteiger partial charge in [0, 0.05) is 23.0 Å². The van der Waals surface area contributed by atoms with Crippen LogP contribution in [-0.2, 0) is 0 Å². The molecule has 0 atom stereocenters. The van der Waals surface area contributed by atoms with Gasteiger partial charge in [-0.15, -0.1) is 0 Å². The van der Waals surface area contributed by atoms with E-state index in [1.807, 2.05) is 30.3 Å². The van der Waals surface area contributed by atoms with E-state index in [9.17, 15) is 5.21 Å². The van der Waals surface area contributed by atoms with Crippen molar-refractivity contribution in [2.75, 3.05) is 0 Å². The Morgan fingerprint density at radius 1 is 1.04 bits per heavy atom. The summed E-state index contributed by atoms with van der Waals surface area (Å²) in [6, 6.07) is 18.5. The number of hydrogen-bond donors (Lipinski definition) is 1. The fourth-order valence-corrected chi connectivity index (χ4v) is 2.67. The molecule has 4 aromatic rings. The topological polar surface area (TPSA) is 82.4 Å². The Kier molecular flexibility index (Phi) is 6.37. The summed E-state index contributed by atoms with van der Waals surface area (Å²) in [5.41, 5.74) is 1.64. The first-order valence-electron chi connectivity index (χ1n) is 7.95. The average Bonchev–Trinajstić information content (AvgIpc) is 2.71. The predicted octanol–water partition coefficient (Wildman–Crippen LogP) is 5.80. The first kappa shape index (κ1) is 20.0. The highest BCUT2D eigenvalue weighted by Gasteiger charge is 2.09. The van der Waals surface area contributed by atoms with Crippen LogP contribution in [0.3, 0.4) is 0 Å². The van der Waals surface area contributed by atoms with Crippen molar-refractivity contribution in [2.45, 2.75) is 4.30 Å². The summed E-state index contributed by atoms with van der Waals surface area (Å²) < 4.78 is 5.15. The smallest absolute Gasteiger partial charge is 0.180 e. The maximum atomic E-state index is 9.32. The quantitative estimate of drug-likeness (QED) is 0.234. The number of nitrogens with zero attached hydrogens (tertiary/aromatic N) is 3. The molecule has 0 spiro atoms. The van der Waals surface area contributed by atoms with Gasteiger partial charge in [-0.25, -0.2) is 0 Å². The molecule has 0 aliphatic rings. The molecule has 0 unspecified atom stereocenters. The van der Waals surface area contributed by atoms with Crippen molar-refractivity contribution in [1.82, 2.24) is 4.98 Å². The van der Waals surface area contributed by atoms with Gasteiger partial charge in [0.1, 0.15) is 16.6 Å². The number of pyridine rings is 1. The van der Waals surface area contributed by atoms with Crippen molar-refractivity contribution in [1.29, 1.82) is 5.26 Å². The molecule has 0 aliphatic carbocycles. The summed E-state index contributed by atoms with van der Waals surface area (Å²) in [5.74, 6) is 0.491. The molecule has 140 valence electrons. The lowest BCUT2D eigenvalue weighted by molar-refractivity contribution is 0.302. The van der Waals surface area contributed by atoms with Gasteiger partial charge in [-0.2, -0.15) is 5.26 Å². The summed E-state index contributed by atoms with van der Waals surface area (Å²) >= 11 is 14.4. The van der Waals surface area contributed by atoms with Gasteiger partial charge in [-0.05, 0) is 29.7 Å². The first-order valence-corrected chi connectivity index (χ1v) is 9.26. The zero-order valence-corrected chi connectivity index (χ0v) is 16.4. The average molecular weight is 433 g/mol. The molecule has 0 amide bonds. The Bertz CT molecular complexity index is 1240. The van der Waals surface area contributed by atoms with Gasteiger partial charge in [-0.1, -0.05) is 64.2 Å². The van der Waals surface area contributed by atoms with Gasteiger partial charge in [0.05, 0.1) is 11.6 Å². The highest BCUT2D eigenvalue weighted by molar-refractivity contribution is 6.63. The van der Waals surface area contributed by atoms with Crippen molar-refractivity contribution in [2.24, 2.45) is 5.16 Å². The Balaban J connectivity index is 0.000000516. The monoisotopic (exact) mass is 431 g/mol. The lowest BCUT2D eigenvalue weighted by atomic mass is 10.1. The number of fused-ring (bicyclic) bond motifs is 2. The molecule has 5 nitrogen and oxygen atoms in total. The zero-order valence-electron chi connectivity index (χ0n) is 14.2. The van der Waals surface area contributed by atoms with E-state index in [1.54, 1.807) is 30.5 Å². The zero-order chi connectivity index (χ0) is 20.1. The van der Waals surface area contributed by atoms with Crippen LogP contribution in [0, 0.1) is 11.3 Å². The number of aromatic nitrogens is 1. The minimum Gasteiger partial charge on any atom is -0.454 e. The Morgan fingerprint density at radius 3 is 2.43 bits per heavy atom. The summed E-state index contributed by atoms with van der Waals surface area (Å²) in [4.78, 5) is 4.42. The fourth-order valence-electron chi connectivity index (χ4n) is 2.67. The predicted molar refractivity (Wildman–Crippen MR) is 110 cm³/mol. The molecule has 4 rings (SSSR count). The van der Waals surface area contributed by atoms with E-state index >= 15 is 0 Å². The molecule has 0 fully saturated rings. The third-order valence-corrected chi connectivity index (χ3v) is 3.86. The van der Waals surface area contributed by atoms with Crippen LogP contribution in [0.2, 0.25) is 0 Å². The highest BCUT2D eigenvalue weighted by Crippen LogP contribution is 2.24. The highest BCUT2D eigenvalue weighted by atomic mass is 35.6. The van der Waals surface area contributed by atoms with Crippen molar-refractivity contribution in [3.8, 4) is 17.5 Å². The van der Waals surface area contributed by atoms with E-state index < -0.39 is 4.30 Å². The first-order chi connectivity index (χ1) is 13.5. The molecule has 0 saturated heterocycles. The van der Waals surface area contributed by atoms with Crippen molar-refractivity contribution < 1.29 is 9.62 Å². The number of benzene rings is 2. The van der Waals surface area contributed by atoms with E-state index in [-0.39, 0.29) is 0 Å². The molecule has 28 heavy (non-hydrogen) atoms. The molecular weight excluding hydrogens is 421 g/mol. The van der Waals surface area contributed by atoms with Crippen molar-refractivity contribution >= 4 is 56.5 Å². The minimum absolute atomic E-state index is 0.332. The molecule has 0 saturated carbocycles. The molecule has 2 heterocycles. The second-order valence-corrected chi connectivity index (χ2v) is 7.56.